The van der Waals surface area contributed by atoms with Crippen molar-refractivity contribution in [3.63, 3.8) is 0 Å². The molecule has 7 heteroatoms. The summed E-state index contributed by atoms with van der Waals surface area (Å²) in [5.74, 6) is 0.252. The maximum atomic E-state index is 13.5. The van der Waals surface area contributed by atoms with E-state index in [-0.39, 0.29) is 6.10 Å². The van der Waals surface area contributed by atoms with Crippen LogP contribution in [0, 0.1) is 11.8 Å². The fourth-order valence-electron chi connectivity index (χ4n) is 6.66. The number of quaternary nitrogens is 1. The van der Waals surface area contributed by atoms with Gasteiger partial charge in [-0.2, -0.15) is 0 Å². The van der Waals surface area contributed by atoms with Gasteiger partial charge in [-0.15, -0.1) is 22.7 Å². The molecule has 5 atom stereocenters. The van der Waals surface area contributed by atoms with Crippen LogP contribution < -0.4 is 0 Å². The second kappa shape index (κ2) is 10.4. The molecule has 3 unspecified atom stereocenters. The Morgan fingerprint density at radius 2 is 1.72 bits per heavy atom. The lowest BCUT2D eigenvalue weighted by Gasteiger charge is -2.39. The zero-order valence-electron chi connectivity index (χ0n) is 21.0. The highest BCUT2D eigenvalue weighted by Gasteiger charge is 2.58. The number of carbonyl (C=O) groups is 1. The van der Waals surface area contributed by atoms with Crippen LogP contribution in [0.1, 0.15) is 53.5 Å². The number of hydrogen-bond donors (Lipinski definition) is 2. The zero-order valence-corrected chi connectivity index (χ0v) is 22.6. The average Bonchev–Trinajstić information content (AvgIpc) is 3.68. The summed E-state index contributed by atoms with van der Waals surface area (Å²) in [7, 11) is 4.56. The molecule has 0 aliphatic heterocycles. The Hall–Kier alpha value is -2.03. The van der Waals surface area contributed by atoms with E-state index in [2.05, 4.69) is 14.1 Å². The Bertz CT molecular complexity index is 1100. The third-order valence-electron chi connectivity index (χ3n) is 8.32. The summed E-state index contributed by atoms with van der Waals surface area (Å²) in [4.78, 5) is 14.7. The summed E-state index contributed by atoms with van der Waals surface area (Å²) < 4.78 is 7.02. The smallest absolute Gasteiger partial charge is 0.349 e. The van der Waals surface area contributed by atoms with Gasteiger partial charge in [-0.3, -0.25) is 0 Å². The topological polar surface area (TPSA) is 66.8 Å². The lowest BCUT2D eigenvalue weighted by molar-refractivity contribution is -0.920. The highest BCUT2D eigenvalue weighted by Crippen LogP contribution is 2.51. The highest BCUT2D eigenvalue weighted by molar-refractivity contribution is 7.12. The van der Waals surface area contributed by atoms with Crippen LogP contribution in [0.25, 0.3) is 0 Å². The number of benzene rings is 1. The van der Waals surface area contributed by atoms with E-state index in [1.165, 1.54) is 22.7 Å². The number of rotatable bonds is 10. The first-order chi connectivity index (χ1) is 17.3. The minimum atomic E-state index is -1.75. The lowest BCUT2D eigenvalue weighted by Crippen LogP contribution is -2.52. The van der Waals surface area contributed by atoms with Crippen molar-refractivity contribution >= 4 is 28.6 Å². The highest BCUT2D eigenvalue weighted by atomic mass is 32.1. The van der Waals surface area contributed by atoms with Crippen molar-refractivity contribution in [1.29, 1.82) is 0 Å². The van der Waals surface area contributed by atoms with Crippen LogP contribution >= 0.6 is 22.7 Å². The van der Waals surface area contributed by atoms with E-state index in [1.54, 1.807) is 12.1 Å². The monoisotopic (exact) mass is 526 g/mol. The molecule has 2 fully saturated rings. The van der Waals surface area contributed by atoms with E-state index in [1.807, 2.05) is 53.2 Å². The predicted molar refractivity (Wildman–Crippen MR) is 144 cm³/mol. The molecule has 5 nitrogen and oxygen atoms in total. The van der Waals surface area contributed by atoms with Crippen molar-refractivity contribution in [2.75, 3.05) is 20.6 Å². The summed E-state index contributed by atoms with van der Waals surface area (Å²) in [5, 5.41) is 26.0. The van der Waals surface area contributed by atoms with Crippen LogP contribution in [0.4, 0.5) is 0 Å². The van der Waals surface area contributed by atoms with Crippen molar-refractivity contribution in [3.8, 4) is 0 Å². The number of aliphatic hydroxyl groups excluding tert-OH is 1. The Labute approximate surface area is 221 Å². The minimum absolute atomic E-state index is 0.167. The standard InChI is InChI=1S/C29H36NO4S2/c1-30(2,16-6-11-23(31)20-9-4-3-5-10-20)27-21-14-15-22(27)24(19-21)34-28(32)29(33,25-12-7-17-35-25)26-13-8-18-36-26/h3-5,7-10,12-13,17-18,21-24,27,31,33H,6,11,14-16,19H2,1-2H3/q+1/t21?,22-,23?,24+,27?/m0/s1. The Kier molecular flexibility index (Phi) is 7.39. The molecule has 1 aromatic carbocycles. The molecular formula is C29H36NO4S2+. The van der Waals surface area contributed by atoms with Gasteiger partial charge in [0.05, 0.1) is 42.5 Å². The van der Waals surface area contributed by atoms with Gasteiger partial charge >= 0.3 is 5.97 Å². The Balaban J connectivity index is 1.24. The molecule has 2 aromatic heterocycles. The molecule has 36 heavy (non-hydrogen) atoms. The molecule has 0 spiro atoms. The van der Waals surface area contributed by atoms with Crippen LogP contribution in [-0.4, -0.2) is 53.5 Å². The van der Waals surface area contributed by atoms with Crippen molar-refractivity contribution < 1.29 is 24.2 Å². The molecule has 0 radical (unpaired) electrons. The van der Waals surface area contributed by atoms with Gasteiger partial charge in [0, 0.05) is 11.8 Å². The molecule has 3 aromatic rings. The summed E-state index contributed by atoms with van der Waals surface area (Å²) in [6, 6.07) is 17.6. The SMILES string of the molecule is C[N+](C)(CCCC(O)c1ccccc1)C1C2CC[C@H]1[C@H](OC(=O)C(O)(c1cccs1)c1cccs1)C2. The van der Waals surface area contributed by atoms with E-state index >= 15 is 0 Å². The van der Waals surface area contributed by atoms with Crippen LogP contribution in [0.5, 0.6) is 0 Å². The largest absolute Gasteiger partial charge is 0.459 e. The second-order valence-corrected chi connectivity index (χ2v) is 12.8. The number of ether oxygens (including phenoxy) is 1. The van der Waals surface area contributed by atoms with Gasteiger partial charge in [-0.25, -0.2) is 4.79 Å². The fraction of sp³-hybridized carbons (Fsp3) is 0.483. The van der Waals surface area contributed by atoms with Gasteiger partial charge in [0.2, 0.25) is 5.60 Å². The lowest BCUT2D eigenvalue weighted by atomic mass is 9.96. The number of nitrogens with zero attached hydrogens (tertiary/aromatic N) is 1. The van der Waals surface area contributed by atoms with Crippen LogP contribution in [0.3, 0.4) is 0 Å². The molecule has 2 N–H and O–H groups in total. The van der Waals surface area contributed by atoms with E-state index < -0.39 is 17.7 Å². The number of carbonyl (C=O) groups excluding carboxylic acids is 1. The second-order valence-electron chi connectivity index (χ2n) is 10.9. The average molecular weight is 527 g/mol. The Morgan fingerprint density at radius 1 is 1.06 bits per heavy atom. The first-order valence-electron chi connectivity index (χ1n) is 12.9. The number of aliphatic hydroxyl groups is 2. The maximum Gasteiger partial charge on any atom is 0.349 e. The quantitative estimate of drug-likeness (QED) is 0.276. The van der Waals surface area contributed by atoms with Crippen molar-refractivity contribution in [3.05, 3.63) is 80.7 Å². The number of fused-ring (bicyclic) bond motifs is 2. The normalized spacial score (nSPS) is 24.7. The van der Waals surface area contributed by atoms with Crippen molar-refractivity contribution in [1.82, 2.24) is 0 Å². The summed E-state index contributed by atoms with van der Waals surface area (Å²) in [6.45, 7) is 0.969. The van der Waals surface area contributed by atoms with E-state index in [0.29, 0.717) is 27.6 Å². The first-order valence-corrected chi connectivity index (χ1v) is 14.6. The molecule has 2 aliphatic rings. The third-order valence-corrected chi connectivity index (χ3v) is 10.3. The first kappa shape index (κ1) is 25.6. The minimum Gasteiger partial charge on any atom is -0.459 e. The van der Waals surface area contributed by atoms with E-state index in [0.717, 1.165) is 48.7 Å². The van der Waals surface area contributed by atoms with Crippen LogP contribution in [-0.2, 0) is 15.1 Å². The van der Waals surface area contributed by atoms with E-state index in [4.69, 9.17) is 4.74 Å². The number of esters is 1. The zero-order chi connectivity index (χ0) is 25.3. The van der Waals surface area contributed by atoms with Crippen LogP contribution in [0.15, 0.2) is 65.4 Å². The van der Waals surface area contributed by atoms with Gasteiger partial charge in [0.25, 0.3) is 0 Å². The number of thiophene rings is 2. The molecule has 5 rings (SSSR count). The molecule has 192 valence electrons. The fourth-order valence-corrected chi connectivity index (χ4v) is 8.37. The van der Waals surface area contributed by atoms with Gasteiger partial charge in [0.15, 0.2) is 0 Å². The molecule has 2 heterocycles. The van der Waals surface area contributed by atoms with Gasteiger partial charge in [-0.05, 0) is 60.6 Å². The molecule has 0 amide bonds. The predicted octanol–water partition coefficient (Wildman–Crippen LogP) is 5.35. The van der Waals surface area contributed by atoms with Gasteiger partial charge < -0.3 is 19.4 Å². The molecular weight excluding hydrogens is 490 g/mol. The molecule has 2 aliphatic carbocycles. The number of hydrogen-bond acceptors (Lipinski definition) is 6. The molecule has 2 saturated carbocycles. The third kappa shape index (κ3) is 4.79. The summed E-state index contributed by atoms with van der Waals surface area (Å²) >= 11 is 2.75. The van der Waals surface area contributed by atoms with Crippen molar-refractivity contribution in [2.24, 2.45) is 11.8 Å². The summed E-state index contributed by atoms with van der Waals surface area (Å²) in [6.07, 6.45) is 4.14. The molecule has 0 saturated heterocycles. The summed E-state index contributed by atoms with van der Waals surface area (Å²) in [5.41, 5.74) is -0.780. The van der Waals surface area contributed by atoms with Crippen LogP contribution in [0.2, 0.25) is 0 Å². The maximum absolute atomic E-state index is 13.5. The molecule has 2 bridgehead atoms. The van der Waals surface area contributed by atoms with Gasteiger partial charge in [0.1, 0.15) is 6.10 Å². The van der Waals surface area contributed by atoms with E-state index in [9.17, 15) is 15.0 Å². The Morgan fingerprint density at radius 3 is 2.33 bits per heavy atom. The van der Waals surface area contributed by atoms with Gasteiger partial charge in [-0.1, -0.05) is 42.5 Å². The van der Waals surface area contributed by atoms with Crippen molar-refractivity contribution in [2.45, 2.75) is 56.0 Å².